The third-order valence-corrected chi connectivity index (χ3v) is 9.20. The van der Waals surface area contributed by atoms with Gasteiger partial charge in [0.05, 0.1) is 18.2 Å². The van der Waals surface area contributed by atoms with Gasteiger partial charge in [-0.3, -0.25) is 14.6 Å². The van der Waals surface area contributed by atoms with Crippen molar-refractivity contribution in [1.82, 2.24) is 30.8 Å². The molecule has 0 unspecified atom stereocenters. The van der Waals surface area contributed by atoms with Crippen LogP contribution < -0.4 is 5.32 Å². The summed E-state index contributed by atoms with van der Waals surface area (Å²) in [6, 6.07) is 8.66. The zero-order chi connectivity index (χ0) is 33.3. The van der Waals surface area contributed by atoms with Crippen molar-refractivity contribution in [1.29, 1.82) is 0 Å². The number of unbranched alkanes of at least 4 members (excludes halogenated alkanes) is 1. The van der Waals surface area contributed by atoms with Crippen molar-refractivity contribution in [3.63, 3.8) is 0 Å². The molecule has 1 aromatic heterocycles. The maximum absolute atomic E-state index is 14.6. The number of halogens is 4. The minimum atomic E-state index is -4.79. The number of nitrogens with zero attached hydrogens (tertiary/aromatic N) is 5. The molecule has 246 valence electrons. The second-order valence-electron chi connectivity index (χ2n) is 13.3. The third-order valence-electron chi connectivity index (χ3n) is 9.20. The van der Waals surface area contributed by atoms with E-state index in [2.05, 4.69) is 46.7 Å². The van der Waals surface area contributed by atoms with Crippen molar-refractivity contribution in [2.45, 2.75) is 97.1 Å². The quantitative estimate of drug-likeness (QED) is 0.250. The van der Waals surface area contributed by atoms with Crippen molar-refractivity contribution in [3.8, 4) is 0 Å². The lowest BCUT2D eigenvalue weighted by atomic mass is 9.69. The van der Waals surface area contributed by atoms with Gasteiger partial charge < -0.3 is 10.2 Å². The van der Waals surface area contributed by atoms with Gasteiger partial charge in [-0.2, -0.15) is 18.4 Å². The number of aromatic nitrogens is 4. The highest BCUT2D eigenvalue weighted by Gasteiger charge is 2.53. The van der Waals surface area contributed by atoms with Crippen molar-refractivity contribution in [3.05, 3.63) is 76.4 Å². The average Bonchev–Trinajstić information content (AvgIpc) is 3.62. The summed E-state index contributed by atoms with van der Waals surface area (Å²) in [6.07, 6.45) is 0.0360. The topological polar surface area (TPSA) is 116 Å². The Kier molecular flexibility index (Phi) is 9.33. The van der Waals surface area contributed by atoms with Crippen LogP contribution in [0.2, 0.25) is 0 Å². The van der Waals surface area contributed by atoms with Gasteiger partial charge in [-0.05, 0) is 79.3 Å². The summed E-state index contributed by atoms with van der Waals surface area (Å²) in [4.78, 5) is 33.8. The molecule has 2 aromatic carbocycles. The second kappa shape index (κ2) is 12.9. The Hall–Kier alpha value is -4.16. The Balaban J connectivity index is 1.51. The predicted octanol–water partition coefficient (Wildman–Crippen LogP) is 6.78. The molecule has 1 fully saturated rings. The number of hydrogen-bond donors (Lipinski definition) is 2. The van der Waals surface area contributed by atoms with Crippen LogP contribution in [0.15, 0.2) is 47.5 Å². The third kappa shape index (κ3) is 6.97. The summed E-state index contributed by atoms with van der Waals surface area (Å²) in [5.41, 5.74) is -1.28. The lowest BCUT2D eigenvalue weighted by molar-refractivity contribution is -0.138. The first kappa shape index (κ1) is 33.2. The Morgan fingerprint density at radius 2 is 1.80 bits per heavy atom. The fraction of sp³-hybridized carbons (Fsp3) is 0.515. The molecule has 5 rings (SSSR count). The van der Waals surface area contributed by atoms with Crippen LogP contribution in [0.5, 0.6) is 0 Å². The van der Waals surface area contributed by atoms with E-state index in [1.54, 1.807) is 29.2 Å². The van der Waals surface area contributed by atoms with Crippen LogP contribution in [0.1, 0.15) is 112 Å². The Morgan fingerprint density at radius 1 is 1.11 bits per heavy atom. The normalized spacial score (nSPS) is 21.0. The van der Waals surface area contributed by atoms with Crippen LogP contribution in [0.25, 0.3) is 0 Å². The highest BCUT2D eigenvalue weighted by atomic mass is 19.4. The first-order valence-electron chi connectivity index (χ1n) is 15.6. The molecule has 1 aliphatic carbocycles. The number of aromatic amines is 1. The number of benzene rings is 2. The maximum atomic E-state index is 14.6. The van der Waals surface area contributed by atoms with Gasteiger partial charge in [-0.15, -0.1) is 10.2 Å². The molecular formula is C33H39F4N7O2. The molecule has 46 heavy (non-hydrogen) atoms. The van der Waals surface area contributed by atoms with E-state index in [0.717, 1.165) is 43.4 Å². The van der Waals surface area contributed by atoms with Crippen molar-refractivity contribution in [2.24, 2.45) is 16.3 Å². The number of nitrogens with one attached hydrogen (secondary N) is 2. The summed E-state index contributed by atoms with van der Waals surface area (Å²) < 4.78 is 55.6. The minimum Gasteiger partial charge on any atom is -0.345 e. The fourth-order valence-electron chi connectivity index (χ4n) is 6.64. The number of alkyl halides is 3. The minimum absolute atomic E-state index is 0.0352. The number of carbonyl (C=O) groups excluding carboxylic acids is 2. The average molecular weight is 642 g/mol. The van der Waals surface area contributed by atoms with Gasteiger partial charge >= 0.3 is 6.18 Å². The largest absolute Gasteiger partial charge is 0.416 e. The Labute approximate surface area is 265 Å². The van der Waals surface area contributed by atoms with E-state index in [-0.39, 0.29) is 29.1 Å². The molecule has 13 heteroatoms. The molecule has 2 heterocycles. The van der Waals surface area contributed by atoms with E-state index in [4.69, 9.17) is 4.99 Å². The van der Waals surface area contributed by atoms with E-state index in [0.29, 0.717) is 42.6 Å². The number of rotatable bonds is 9. The van der Waals surface area contributed by atoms with Crippen LogP contribution >= 0.6 is 0 Å². The number of H-pyrrole nitrogens is 1. The molecule has 2 amide bonds. The SMILES string of the molecule is CCCC[C@H](c1ccc(C(=O)NCc2nn[nH]n2)cc1)N1C(=O)C(c2cc(F)cc(C(F)(F)F)c2)=NC12CCC(C(C)(C)C)CC2. The Morgan fingerprint density at radius 3 is 2.39 bits per heavy atom. The maximum Gasteiger partial charge on any atom is 0.416 e. The molecule has 0 saturated heterocycles. The van der Waals surface area contributed by atoms with Gasteiger partial charge in [0.15, 0.2) is 5.82 Å². The molecule has 0 bridgehead atoms. The van der Waals surface area contributed by atoms with Gasteiger partial charge in [-0.25, -0.2) is 4.39 Å². The van der Waals surface area contributed by atoms with Crippen molar-refractivity contribution >= 4 is 17.5 Å². The Bertz CT molecular complexity index is 1570. The van der Waals surface area contributed by atoms with Gasteiger partial charge in [0.1, 0.15) is 17.2 Å². The second-order valence-corrected chi connectivity index (χ2v) is 13.3. The number of tetrazole rings is 1. The molecule has 9 nitrogen and oxygen atoms in total. The summed E-state index contributed by atoms with van der Waals surface area (Å²) in [5.74, 6) is -1.23. The summed E-state index contributed by atoms with van der Waals surface area (Å²) in [6.45, 7) is 8.66. The zero-order valence-corrected chi connectivity index (χ0v) is 26.4. The number of amides is 2. The molecule has 1 aliphatic heterocycles. The molecule has 0 radical (unpaired) electrons. The van der Waals surface area contributed by atoms with Crippen LogP contribution in [0.4, 0.5) is 17.6 Å². The lowest BCUT2D eigenvalue weighted by Gasteiger charge is -2.47. The molecular weight excluding hydrogens is 602 g/mol. The summed E-state index contributed by atoms with van der Waals surface area (Å²) in [5, 5.41) is 16.2. The van der Waals surface area contributed by atoms with E-state index >= 15 is 0 Å². The molecule has 2 aliphatic rings. The van der Waals surface area contributed by atoms with Crippen LogP contribution in [0.3, 0.4) is 0 Å². The van der Waals surface area contributed by atoms with Crippen LogP contribution in [-0.2, 0) is 17.5 Å². The first-order valence-corrected chi connectivity index (χ1v) is 15.6. The molecule has 1 spiro atoms. The molecule has 1 atom stereocenters. The van der Waals surface area contributed by atoms with E-state index < -0.39 is 35.2 Å². The summed E-state index contributed by atoms with van der Waals surface area (Å²) in [7, 11) is 0. The number of aliphatic imine (C=N–C) groups is 1. The van der Waals surface area contributed by atoms with Gasteiger partial charge in [0, 0.05) is 11.1 Å². The monoisotopic (exact) mass is 641 g/mol. The van der Waals surface area contributed by atoms with Gasteiger partial charge in [0.25, 0.3) is 11.8 Å². The standard InChI is InChI=1S/C33H39F4N7O2/c1-5-6-7-26(20-8-10-21(11-9-20)29(45)38-19-27-40-42-43-41-27)44-30(46)28(22-16-24(33(35,36)37)18-25(34)17-22)39-32(44)14-12-23(13-15-32)31(2,3)4/h8-11,16-18,23,26H,5-7,12-15,19H2,1-4H3,(H,38,45)(H,40,41,42,43)/t23?,26-,32?/m1/s1. The molecule has 3 aromatic rings. The summed E-state index contributed by atoms with van der Waals surface area (Å²) >= 11 is 0. The highest BCUT2D eigenvalue weighted by molar-refractivity contribution is 6.46. The zero-order valence-electron chi connectivity index (χ0n) is 26.4. The smallest absolute Gasteiger partial charge is 0.345 e. The van der Waals surface area contributed by atoms with E-state index in [9.17, 15) is 27.2 Å². The molecule has 2 N–H and O–H groups in total. The lowest BCUT2D eigenvalue weighted by Crippen LogP contribution is -2.51. The van der Waals surface area contributed by atoms with Crippen molar-refractivity contribution in [2.75, 3.05) is 0 Å². The van der Waals surface area contributed by atoms with Gasteiger partial charge in [-0.1, -0.05) is 57.9 Å². The van der Waals surface area contributed by atoms with E-state index in [1.165, 1.54) is 0 Å². The van der Waals surface area contributed by atoms with Crippen LogP contribution in [0, 0.1) is 17.2 Å². The fourth-order valence-corrected chi connectivity index (χ4v) is 6.64. The van der Waals surface area contributed by atoms with E-state index in [1.807, 2.05) is 6.92 Å². The first-order chi connectivity index (χ1) is 21.7. The van der Waals surface area contributed by atoms with Crippen molar-refractivity contribution < 1.29 is 27.2 Å². The highest BCUT2D eigenvalue weighted by Crippen LogP contribution is 2.50. The number of hydrogen-bond acceptors (Lipinski definition) is 6. The predicted molar refractivity (Wildman–Crippen MR) is 163 cm³/mol. The molecule has 1 saturated carbocycles. The number of carbonyl (C=O) groups is 2. The van der Waals surface area contributed by atoms with Crippen LogP contribution in [-0.4, -0.2) is 48.7 Å². The van der Waals surface area contributed by atoms with Gasteiger partial charge in [0.2, 0.25) is 0 Å².